The van der Waals surface area contributed by atoms with Gasteiger partial charge in [-0.15, -0.1) is 0 Å². The number of nitrogens with zero attached hydrogens (tertiary/aromatic N) is 5. The van der Waals surface area contributed by atoms with Crippen molar-refractivity contribution in [1.29, 1.82) is 0 Å². The summed E-state index contributed by atoms with van der Waals surface area (Å²) in [5, 5.41) is 11.3. The normalized spacial score (nSPS) is 18.3. The van der Waals surface area contributed by atoms with Crippen molar-refractivity contribution in [3.63, 3.8) is 0 Å². The van der Waals surface area contributed by atoms with Crippen LogP contribution in [-0.2, 0) is 34.5 Å². The van der Waals surface area contributed by atoms with E-state index in [1.165, 1.54) is 4.31 Å². The van der Waals surface area contributed by atoms with Crippen LogP contribution >= 0.6 is 0 Å². The molecule has 10 heteroatoms. The van der Waals surface area contributed by atoms with Gasteiger partial charge in [-0.1, -0.05) is 0 Å². The van der Waals surface area contributed by atoms with Crippen LogP contribution in [0.15, 0.2) is 23.5 Å². The minimum Gasteiger partial charge on any atom is -0.352 e. The summed E-state index contributed by atoms with van der Waals surface area (Å²) >= 11 is 0. The second-order valence-corrected chi connectivity index (χ2v) is 8.97. The van der Waals surface area contributed by atoms with Crippen LogP contribution in [0.2, 0.25) is 0 Å². The summed E-state index contributed by atoms with van der Waals surface area (Å²) in [6.45, 7) is 8.00. The number of piperidine rings is 1. The van der Waals surface area contributed by atoms with Gasteiger partial charge in [-0.05, 0) is 33.6 Å². The van der Waals surface area contributed by atoms with Crippen LogP contribution in [0.4, 0.5) is 0 Å². The lowest BCUT2D eigenvalue weighted by atomic mass is 9.99. The lowest BCUT2D eigenvalue weighted by Gasteiger charge is -2.31. The maximum atomic E-state index is 13.1. The number of carbonyl (C=O) groups excluding carboxylic acids is 1. The van der Waals surface area contributed by atoms with Crippen LogP contribution in [0.3, 0.4) is 0 Å². The molecule has 0 saturated carbocycles. The van der Waals surface area contributed by atoms with Crippen molar-refractivity contribution < 1.29 is 13.2 Å². The van der Waals surface area contributed by atoms with Crippen LogP contribution in [0, 0.1) is 12.8 Å². The van der Waals surface area contributed by atoms with Gasteiger partial charge in [0.25, 0.3) is 0 Å². The number of aromatic nitrogens is 4. The number of aryl methyl sites for hydroxylation is 3. The van der Waals surface area contributed by atoms with Crippen molar-refractivity contribution in [3.8, 4) is 0 Å². The van der Waals surface area contributed by atoms with Crippen LogP contribution in [-0.4, -0.2) is 51.3 Å². The average molecular weight is 409 g/mol. The molecule has 1 saturated heterocycles. The third-order valence-electron chi connectivity index (χ3n) is 5.08. The van der Waals surface area contributed by atoms with Crippen LogP contribution in [0.5, 0.6) is 0 Å². The molecule has 1 amide bonds. The number of amides is 1. The number of rotatable bonds is 7. The van der Waals surface area contributed by atoms with Crippen molar-refractivity contribution in [2.45, 2.75) is 58.1 Å². The number of carbonyl (C=O) groups is 1. The van der Waals surface area contributed by atoms with Gasteiger partial charge < -0.3 is 5.32 Å². The first-order chi connectivity index (χ1) is 13.3. The Hall–Kier alpha value is -2.20. The molecule has 1 aliphatic rings. The first-order valence-corrected chi connectivity index (χ1v) is 11.1. The van der Waals surface area contributed by atoms with E-state index in [0.29, 0.717) is 38.2 Å². The third-order valence-corrected chi connectivity index (χ3v) is 7.04. The molecule has 3 rings (SSSR count). The molecule has 1 fully saturated rings. The molecule has 0 aromatic carbocycles. The molecule has 1 N–H and O–H groups in total. The van der Waals surface area contributed by atoms with E-state index in [2.05, 4.69) is 15.5 Å². The molecular weight excluding hydrogens is 380 g/mol. The van der Waals surface area contributed by atoms with E-state index in [9.17, 15) is 13.2 Å². The van der Waals surface area contributed by atoms with E-state index in [-0.39, 0.29) is 23.3 Å². The molecule has 3 heterocycles. The van der Waals surface area contributed by atoms with Gasteiger partial charge in [0.1, 0.15) is 4.90 Å². The van der Waals surface area contributed by atoms with E-state index in [0.717, 1.165) is 12.1 Å². The zero-order valence-corrected chi connectivity index (χ0v) is 17.4. The highest BCUT2D eigenvalue weighted by Gasteiger charge is 2.35. The molecule has 0 bridgehead atoms. The van der Waals surface area contributed by atoms with E-state index in [1.807, 2.05) is 20.0 Å². The van der Waals surface area contributed by atoms with Gasteiger partial charge in [-0.25, -0.2) is 8.42 Å². The highest BCUT2D eigenvalue weighted by molar-refractivity contribution is 7.89. The molecule has 28 heavy (non-hydrogen) atoms. The summed E-state index contributed by atoms with van der Waals surface area (Å²) in [6.07, 6.45) is 6.53. The highest BCUT2D eigenvalue weighted by atomic mass is 32.2. The topological polar surface area (TPSA) is 102 Å². The molecule has 0 radical (unpaired) electrons. The number of hydrogen-bond acceptors (Lipinski definition) is 5. The zero-order chi connectivity index (χ0) is 20.3. The Kier molecular flexibility index (Phi) is 6.19. The number of hydrogen-bond donors (Lipinski definition) is 1. The minimum absolute atomic E-state index is 0.120. The summed E-state index contributed by atoms with van der Waals surface area (Å²) in [6, 6.07) is 0. The molecule has 154 valence electrons. The largest absolute Gasteiger partial charge is 0.352 e. The fraction of sp³-hybridized carbons (Fsp3) is 0.611. The Bertz CT molecular complexity index is 933. The van der Waals surface area contributed by atoms with Crippen molar-refractivity contribution in [3.05, 3.63) is 29.8 Å². The van der Waals surface area contributed by atoms with Crippen molar-refractivity contribution in [1.82, 2.24) is 29.2 Å². The van der Waals surface area contributed by atoms with Crippen molar-refractivity contribution >= 4 is 15.9 Å². The smallest absolute Gasteiger partial charge is 0.246 e. The van der Waals surface area contributed by atoms with E-state index in [4.69, 9.17) is 0 Å². The van der Waals surface area contributed by atoms with Crippen molar-refractivity contribution in [2.24, 2.45) is 5.92 Å². The van der Waals surface area contributed by atoms with Gasteiger partial charge in [0, 0.05) is 50.7 Å². The molecule has 1 aliphatic heterocycles. The van der Waals surface area contributed by atoms with Gasteiger partial charge in [0.15, 0.2) is 0 Å². The first-order valence-electron chi connectivity index (χ1n) is 9.68. The highest BCUT2D eigenvalue weighted by Crippen LogP contribution is 2.25. The summed E-state index contributed by atoms with van der Waals surface area (Å²) in [5.74, 6) is -0.476. The average Bonchev–Trinajstić information content (AvgIpc) is 3.32. The molecule has 1 unspecified atom stereocenters. The molecule has 9 nitrogen and oxygen atoms in total. The van der Waals surface area contributed by atoms with E-state index >= 15 is 0 Å². The zero-order valence-electron chi connectivity index (χ0n) is 16.6. The standard InChI is InChI=1S/C18H28N6O3S/c1-4-22-11-15(10-20-22)9-19-18(25)16-7-6-8-24(12-16)28(26,27)17-13-23(5-2)21-14(17)3/h10-11,13,16H,4-9,12H2,1-3H3,(H,19,25). The van der Waals surface area contributed by atoms with E-state index < -0.39 is 10.0 Å². The SMILES string of the molecule is CCn1cc(CNC(=O)C2CCCN(S(=O)(=O)c3cn(CC)nc3C)C2)cn1. The van der Waals surface area contributed by atoms with Gasteiger partial charge in [0.2, 0.25) is 15.9 Å². The van der Waals surface area contributed by atoms with Gasteiger partial charge >= 0.3 is 0 Å². The maximum absolute atomic E-state index is 13.1. The fourth-order valence-electron chi connectivity index (χ4n) is 3.43. The maximum Gasteiger partial charge on any atom is 0.246 e. The first kappa shape index (κ1) is 20.5. The summed E-state index contributed by atoms with van der Waals surface area (Å²) in [4.78, 5) is 12.8. The van der Waals surface area contributed by atoms with Crippen LogP contribution in [0.25, 0.3) is 0 Å². The Morgan fingerprint density at radius 2 is 2.00 bits per heavy atom. The third kappa shape index (κ3) is 4.27. The molecule has 0 aliphatic carbocycles. The monoisotopic (exact) mass is 408 g/mol. The minimum atomic E-state index is -3.66. The van der Waals surface area contributed by atoms with E-state index in [1.54, 1.807) is 28.7 Å². The molecule has 2 aromatic rings. The lowest BCUT2D eigenvalue weighted by Crippen LogP contribution is -2.45. The van der Waals surface area contributed by atoms with Gasteiger partial charge in [-0.2, -0.15) is 14.5 Å². The quantitative estimate of drug-likeness (QED) is 0.740. The predicted molar refractivity (Wildman–Crippen MR) is 104 cm³/mol. The predicted octanol–water partition coefficient (Wildman–Crippen LogP) is 1.14. The Balaban J connectivity index is 1.65. The van der Waals surface area contributed by atoms with Crippen LogP contribution < -0.4 is 5.32 Å². The number of sulfonamides is 1. The molecule has 1 atom stereocenters. The summed E-state index contributed by atoms with van der Waals surface area (Å²) in [5.41, 5.74) is 1.42. The Labute approximate surface area is 165 Å². The molecule has 2 aromatic heterocycles. The van der Waals surface area contributed by atoms with Crippen molar-refractivity contribution in [2.75, 3.05) is 13.1 Å². The van der Waals surface area contributed by atoms with Gasteiger partial charge in [-0.3, -0.25) is 14.2 Å². The van der Waals surface area contributed by atoms with Crippen LogP contribution in [0.1, 0.15) is 37.9 Å². The fourth-order valence-corrected chi connectivity index (χ4v) is 5.13. The second kappa shape index (κ2) is 8.44. The summed E-state index contributed by atoms with van der Waals surface area (Å²) in [7, 11) is -3.66. The summed E-state index contributed by atoms with van der Waals surface area (Å²) < 4.78 is 30.9. The number of nitrogens with one attached hydrogen (secondary N) is 1. The second-order valence-electron chi connectivity index (χ2n) is 7.06. The molecular formula is C18H28N6O3S. The Morgan fingerprint density at radius 3 is 2.64 bits per heavy atom. The molecule has 0 spiro atoms. The Morgan fingerprint density at radius 1 is 1.25 bits per heavy atom. The lowest BCUT2D eigenvalue weighted by molar-refractivity contribution is -0.126. The van der Waals surface area contributed by atoms with Gasteiger partial charge in [0.05, 0.1) is 17.8 Å².